The van der Waals surface area contributed by atoms with Gasteiger partial charge in [0.05, 0.1) is 12.1 Å². The minimum absolute atomic E-state index is 0.158. The number of carbonyl (C=O) groups is 1. The van der Waals surface area contributed by atoms with Crippen LogP contribution in [-0.2, 0) is 0 Å². The molecular weight excluding hydrogens is 310 g/mol. The van der Waals surface area contributed by atoms with E-state index in [1.165, 1.54) is 30.4 Å². The molecular formula is C21H29N3O. The molecule has 2 heterocycles. The Morgan fingerprint density at radius 1 is 1.12 bits per heavy atom. The summed E-state index contributed by atoms with van der Waals surface area (Å²) in [5.74, 6) is 0.470. The minimum atomic E-state index is 0.158. The van der Waals surface area contributed by atoms with Gasteiger partial charge in [-0.25, -0.2) is 4.79 Å². The van der Waals surface area contributed by atoms with E-state index < -0.39 is 0 Å². The molecule has 134 valence electrons. The molecule has 25 heavy (non-hydrogen) atoms. The second-order valence-electron chi connectivity index (χ2n) is 7.68. The Balaban J connectivity index is 1.43. The predicted molar refractivity (Wildman–Crippen MR) is 102 cm³/mol. The molecule has 0 radical (unpaired) electrons. The van der Waals surface area contributed by atoms with Crippen LogP contribution < -0.4 is 10.6 Å². The van der Waals surface area contributed by atoms with Gasteiger partial charge in [-0.15, -0.1) is 0 Å². The maximum Gasteiger partial charge on any atom is 0.318 e. The topological polar surface area (TPSA) is 44.4 Å². The average Bonchev–Trinajstić information content (AvgIpc) is 2.65. The Labute approximate surface area is 150 Å². The highest BCUT2D eigenvalue weighted by Gasteiger charge is 2.53. The fraction of sp³-hybridized carbons (Fsp3) is 0.571. The molecule has 2 saturated heterocycles. The number of likely N-dealkylation sites (tertiary alicyclic amines) is 1. The number of piperidine rings is 1. The Kier molecular flexibility index (Phi) is 4.80. The van der Waals surface area contributed by atoms with Crippen molar-refractivity contribution < 1.29 is 4.79 Å². The summed E-state index contributed by atoms with van der Waals surface area (Å²) in [5, 5.41) is 6.77. The summed E-state index contributed by atoms with van der Waals surface area (Å²) in [6.07, 6.45) is 10.3. The largest absolute Gasteiger partial charge is 0.335 e. The van der Waals surface area contributed by atoms with Crippen molar-refractivity contribution in [1.82, 2.24) is 15.5 Å². The zero-order chi connectivity index (χ0) is 17.2. The summed E-state index contributed by atoms with van der Waals surface area (Å²) in [6, 6.07) is 9.96. The van der Waals surface area contributed by atoms with Gasteiger partial charge in [-0.05, 0) is 30.9 Å². The van der Waals surface area contributed by atoms with E-state index in [-0.39, 0.29) is 18.1 Å². The van der Waals surface area contributed by atoms with Crippen molar-refractivity contribution in [3.63, 3.8) is 0 Å². The number of rotatable bonds is 3. The first-order valence-corrected chi connectivity index (χ1v) is 9.80. The lowest BCUT2D eigenvalue weighted by atomic mass is 9.72. The number of piperazine rings is 1. The van der Waals surface area contributed by atoms with Gasteiger partial charge >= 0.3 is 6.03 Å². The average molecular weight is 339 g/mol. The maximum atomic E-state index is 12.8. The van der Waals surface area contributed by atoms with Crippen LogP contribution >= 0.6 is 0 Å². The molecule has 2 amide bonds. The lowest BCUT2D eigenvalue weighted by molar-refractivity contribution is -0.00492. The molecule has 2 N–H and O–H groups in total. The van der Waals surface area contributed by atoms with Crippen molar-refractivity contribution in [3.8, 4) is 0 Å². The first kappa shape index (κ1) is 16.6. The number of fused-ring (bicyclic) bond motifs is 2. The molecule has 2 aliphatic heterocycles. The number of urea groups is 1. The summed E-state index contributed by atoms with van der Waals surface area (Å²) in [5.41, 5.74) is 2.60. The van der Waals surface area contributed by atoms with Gasteiger partial charge in [-0.3, -0.25) is 0 Å². The van der Waals surface area contributed by atoms with Crippen LogP contribution in [0.25, 0.3) is 6.08 Å². The number of benzene rings is 1. The number of nitrogens with zero attached hydrogens (tertiary/aromatic N) is 1. The third-order valence-electron chi connectivity index (χ3n) is 6.10. The molecule has 3 fully saturated rings. The predicted octanol–water partition coefficient (Wildman–Crippen LogP) is 3.50. The molecule has 1 aromatic rings. The Bertz CT molecular complexity index is 621. The molecule has 1 aliphatic carbocycles. The van der Waals surface area contributed by atoms with Crippen molar-refractivity contribution in [2.75, 3.05) is 13.1 Å². The van der Waals surface area contributed by atoms with Crippen LogP contribution in [0.1, 0.15) is 56.1 Å². The molecule has 3 atom stereocenters. The molecule has 4 heteroatoms. The van der Waals surface area contributed by atoms with Gasteiger partial charge in [0.2, 0.25) is 0 Å². The third kappa shape index (κ3) is 3.20. The van der Waals surface area contributed by atoms with Gasteiger partial charge in [0.25, 0.3) is 0 Å². The second kappa shape index (κ2) is 7.20. The number of carbonyl (C=O) groups excluding carboxylic acids is 1. The molecule has 4 rings (SSSR count). The lowest BCUT2D eigenvalue weighted by Gasteiger charge is -2.59. The standard InChI is InChI=1S/C21H29N3O/c1-2-6-15-9-11-16(12-10-15)20-18-13-22-14-19(20)24(18)21(25)23-17-7-4-3-5-8-17/h2,6,9-12,17-20,22H,3-5,7-8,13-14H2,1H3,(H,23,25)/t18-,19+,20?. The van der Waals surface area contributed by atoms with Gasteiger partial charge in [0, 0.05) is 25.0 Å². The summed E-state index contributed by atoms with van der Waals surface area (Å²) < 4.78 is 0. The number of hydrogen-bond donors (Lipinski definition) is 2. The zero-order valence-corrected chi connectivity index (χ0v) is 15.1. The van der Waals surface area contributed by atoms with E-state index in [0.29, 0.717) is 12.0 Å². The van der Waals surface area contributed by atoms with E-state index in [2.05, 4.69) is 52.0 Å². The highest BCUT2D eigenvalue weighted by molar-refractivity contribution is 5.77. The third-order valence-corrected chi connectivity index (χ3v) is 6.10. The summed E-state index contributed by atoms with van der Waals surface area (Å²) in [7, 11) is 0. The highest BCUT2D eigenvalue weighted by atomic mass is 16.2. The van der Waals surface area contributed by atoms with E-state index >= 15 is 0 Å². The molecule has 4 nitrogen and oxygen atoms in total. The van der Waals surface area contributed by atoms with E-state index in [4.69, 9.17) is 0 Å². The monoisotopic (exact) mass is 339 g/mol. The van der Waals surface area contributed by atoms with Gasteiger partial charge in [0.15, 0.2) is 0 Å². The van der Waals surface area contributed by atoms with Gasteiger partial charge in [-0.2, -0.15) is 0 Å². The lowest BCUT2D eigenvalue weighted by Crippen LogP contribution is -2.75. The summed E-state index contributed by atoms with van der Waals surface area (Å²) in [6.45, 7) is 3.84. The second-order valence-corrected chi connectivity index (χ2v) is 7.68. The van der Waals surface area contributed by atoms with E-state index in [1.807, 2.05) is 6.92 Å². The van der Waals surface area contributed by atoms with Crippen LogP contribution in [0.2, 0.25) is 0 Å². The van der Waals surface area contributed by atoms with E-state index in [9.17, 15) is 4.79 Å². The quantitative estimate of drug-likeness (QED) is 0.885. The maximum absolute atomic E-state index is 12.8. The molecule has 1 saturated carbocycles. The molecule has 0 aromatic heterocycles. The van der Waals surface area contributed by atoms with Gasteiger partial charge in [-0.1, -0.05) is 55.7 Å². The van der Waals surface area contributed by atoms with Crippen LogP contribution in [0, 0.1) is 0 Å². The number of nitrogens with one attached hydrogen (secondary N) is 2. The van der Waals surface area contributed by atoms with Crippen molar-refractivity contribution in [2.24, 2.45) is 0 Å². The van der Waals surface area contributed by atoms with E-state index in [0.717, 1.165) is 25.9 Å². The molecule has 1 unspecified atom stereocenters. The minimum Gasteiger partial charge on any atom is -0.335 e. The van der Waals surface area contributed by atoms with Crippen molar-refractivity contribution in [3.05, 3.63) is 41.5 Å². The van der Waals surface area contributed by atoms with Crippen LogP contribution in [0.3, 0.4) is 0 Å². The highest BCUT2D eigenvalue weighted by Crippen LogP contribution is 2.42. The van der Waals surface area contributed by atoms with Crippen molar-refractivity contribution in [1.29, 1.82) is 0 Å². The molecule has 2 bridgehead atoms. The van der Waals surface area contributed by atoms with Gasteiger partial charge in [0.1, 0.15) is 0 Å². The zero-order valence-electron chi connectivity index (χ0n) is 15.1. The first-order valence-electron chi connectivity index (χ1n) is 9.80. The van der Waals surface area contributed by atoms with Crippen molar-refractivity contribution in [2.45, 2.75) is 63.1 Å². The van der Waals surface area contributed by atoms with E-state index in [1.54, 1.807) is 0 Å². The number of allylic oxidation sites excluding steroid dienone is 1. The normalized spacial score (nSPS) is 29.5. The molecule has 3 aliphatic rings. The van der Waals surface area contributed by atoms with Crippen LogP contribution in [0.15, 0.2) is 30.3 Å². The summed E-state index contributed by atoms with van der Waals surface area (Å²) >= 11 is 0. The fourth-order valence-corrected chi connectivity index (χ4v) is 4.84. The smallest absolute Gasteiger partial charge is 0.318 e. The van der Waals surface area contributed by atoms with Gasteiger partial charge < -0.3 is 15.5 Å². The molecule has 1 aromatic carbocycles. The molecule has 0 spiro atoms. The SMILES string of the molecule is CC=Cc1ccc(C2[C@H]3CNC[C@@H]2N3C(=O)NC2CCCCC2)cc1. The number of hydrogen-bond acceptors (Lipinski definition) is 2. The van der Waals surface area contributed by atoms with Crippen LogP contribution in [-0.4, -0.2) is 42.1 Å². The van der Waals surface area contributed by atoms with Crippen molar-refractivity contribution >= 4 is 12.1 Å². The van der Waals surface area contributed by atoms with Crippen LogP contribution in [0.4, 0.5) is 4.79 Å². The Morgan fingerprint density at radius 2 is 1.80 bits per heavy atom. The fourth-order valence-electron chi connectivity index (χ4n) is 4.84. The Hall–Kier alpha value is -1.81. The first-order chi connectivity index (χ1) is 12.3. The Morgan fingerprint density at radius 3 is 2.44 bits per heavy atom. The summed E-state index contributed by atoms with van der Waals surface area (Å²) in [4.78, 5) is 14.9. The van der Waals surface area contributed by atoms with Crippen LogP contribution in [0.5, 0.6) is 0 Å². The number of amides is 2.